The predicted molar refractivity (Wildman–Crippen MR) is 44.5 cm³/mol. The topological polar surface area (TPSA) is 52.2 Å². The van der Waals surface area contributed by atoms with Gasteiger partial charge >= 0.3 is 29.6 Å². The second-order valence-corrected chi connectivity index (χ2v) is 3.54. The Morgan fingerprint density at radius 1 is 1.38 bits per heavy atom. The number of carbonyl (C=O) groups is 1. The number of carboxylic acid groups (broad SMARTS) is 1. The van der Waals surface area contributed by atoms with Gasteiger partial charge in [0.2, 0.25) is 0 Å². The molecule has 4 heteroatoms. The van der Waals surface area contributed by atoms with Crippen molar-refractivity contribution in [1.29, 1.82) is 0 Å². The van der Waals surface area contributed by atoms with Gasteiger partial charge in [-0.1, -0.05) is 19.3 Å². The molecule has 0 aromatic heterocycles. The first-order valence-electron chi connectivity index (χ1n) is 4.67. The van der Waals surface area contributed by atoms with Gasteiger partial charge in [-0.3, -0.25) is 0 Å². The minimum atomic E-state index is -0.999. The third kappa shape index (κ3) is 5.01. The molecule has 0 radical (unpaired) electrons. The summed E-state index contributed by atoms with van der Waals surface area (Å²) in [6, 6.07) is -0.111. The van der Waals surface area contributed by atoms with Gasteiger partial charge in [-0.05, 0) is 19.8 Å². The van der Waals surface area contributed by atoms with Crippen molar-refractivity contribution >= 4 is 5.97 Å². The molecule has 0 aromatic rings. The number of hydrogen-bond acceptors (Lipinski definition) is 3. The van der Waals surface area contributed by atoms with E-state index in [4.69, 9.17) is 0 Å². The van der Waals surface area contributed by atoms with Crippen LogP contribution in [0.2, 0.25) is 0 Å². The van der Waals surface area contributed by atoms with Crippen LogP contribution in [0, 0.1) is 0 Å². The van der Waals surface area contributed by atoms with E-state index >= 15 is 0 Å². The first kappa shape index (κ1) is 13.4. The van der Waals surface area contributed by atoms with Crippen LogP contribution < -0.4 is 40.0 Å². The van der Waals surface area contributed by atoms with E-state index in [0.29, 0.717) is 6.04 Å². The van der Waals surface area contributed by atoms with Crippen molar-refractivity contribution in [3.63, 3.8) is 0 Å². The molecule has 1 N–H and O–H groups in total. The number of hydrogen-bond donors (Lipinski definition) is 1. The van der Waals surface area contributed by atoms with E-state index in [1.54, 1.807) is 6.92 Å². The summed E-state index contributed by atoms with van der Waals surface area (Å²) < 4.78 is 0. The molecule has 3 nitrogen and oxygen atoms in total. The summed E-state index contributed by atoms with van der Waals surface area (Å²) in [4.78, 5) is 10.4. The fourth-order valence-electron chi connectivity index (χ4n) is 1.69. The van der Waals surface area contributed by atoms with Crippen molar-refractivity contribution in [1.82, 2.24) is 5.32 Å². The maximum absolute atomic E-state index is 10.4. The molecule has 0 heterocycles. The summed E-state index contributed by atoms with van der Waals surface area (Å²) >= 11 is 0. The molecule has 1 saturated carbocycles. The fourth-order valence-corrected chi connectivity index (χ4v) is 1.69. The molecule has 1 aliphatic carbocycles. The van der Waals surface area contributed by atoms with Gasteiger partial charge in [0.15, 0.2) is 0 Å². The molecule has 1 unspecified atom stereocenters. The first-order chi connectivity index (χ1) is 5.70. The molecule has 0 spiro atoms. The summed E-state index contributed by atoms with van der Waals surface area (Å²) in [5.41, 5.74) is 0. The van der Waals surface area contributed by atoms with Gasteiger partial charge in [0.25, 0.3) is 0 Å². The summed E-state index contributed by atoms with van der Waals surface area (Å²) in [6.07, 6.45) is 5.95. The van der Waals surface area contributed by atoms with Gasteiger partial charge in [0.05, 0.1) is 5.97 Å². The van der Waals surface area contributed by atoms with Gasteiger partial charge in [0.1, 0.15) is 0 Å². The molecule has 0 aromatic carbocycles. The van der Waals surface area contributed by atoms with Crippen molar-refractivity contribution in [3.8, 4) is 0 Å². The van der Waals surface area contributed by atoms with Crippen LogP contribution in [0.4, 0.5) is 0 Å². The Hall–Kier alpha value is 0.430. The SMILES string of the molecule is CC(NC1CCCCC1)C(=O)[O-].[Na+]. The fraction of sp³-hybridized carbons (Fsp3) is 0.889. The molecule has 1 atom stereocenters. The first-order valence-corrected chi connectivity index (χ1v) is 4.67. The van der Waals surface area contributed by atoms with Crippen LogP contribution in [0.3, 0.4) is 0 Å². The average Bonchev–Trinajstić information content (AvgIpc) is 2.06. The van der Waals surface area contributed by atoms with Gasteiger partial charge in [-0.25, -0.2) is 0 Å². The van der Waals surface area contributed by atoms with Gasteiger partial charge < -0.3 is 15.2 Å². The number of carboxylic acids is 1. The number of nitrogens with one attached hydrogen (secondary N) is 1. The summed E-state index contributed by atoms with van der Waals surface area (Å²) in [5.74, 6) is -0.999. The standard InChI is InChI=1S/C9H17NO2.Na/c1-7(9(11)12)10-8-5-3-2-4-6-8;/h7-8,10H,2-6H2,1H3,(H,11,12);/q;+1/p-1. The van der Waals surface area contributed by atoms with Crippen molar-refractivity contribution in [2.75, 3.05) is 0 Å². The van der Waals surface area contributed by atoms with Crippen molar-refractivity contribution in [3.05, 3.63) is 0 Å². The minimum absolute atomic E-state index is 0. The molecular formula is C9H16NNaO2. The van der Waals surface area contributed by atoms with E-state index < -0.39 is 12.0 Å². The Labute approximate surface area is 102 Å². The number of aliphatic carboxylic acids is 1. The van der Waals surface area contributed by atoms with Crippen molar-refractivity contribution in [2.24, 2.45) is 0 Å². The van der Waals surface area contributed by atoms with E-state index in [1.807, 2.05) is 0 Å². The monoisotopic (exact) mass is 193 g/mol. The van der Waals surface area contributed by atoms with Gasteiger partial charge in [-0.15, -0.1) is 0 Å². The Bertz CT molecular complexity index is 158. The zero-order valence-corrected chi connectivity index (χ0v) is 10.5. The Morgan fingerprint density at radius 3 is 2.38 bits per heavy atom. The maximum Gasteiger partial charge on any atom is 1.00 e. The minimum Gasteiger partial charge on any atom is -0.548 e. The molecule has 1 rings (SSSR count). The maximum atomic E-state index is 10.4. The summed E-state index contributed by atoms with van der Waals surface area (Å²) in [7, 11) is 0. The van der Waals surface area contributed by atoms with Crippen LogP contribution in [0.1, 0.15) is 39.0 Å². The molecule has 13 heavy (non-hydrogen) atoms. The average molecular weight is 193 g/mol. The normalized spacial score (nSPS) is 20.4. The van der Waals surface area contributed by atoms with Gasteiger partial charge in [-0.2, -0.15) is 0 Å². The molecule has 0 amide bonds. The third-order valence-corrected chi connectivity index (χ3v) is 2.44. The van der Waals surface area contributed by atoms with Crippen molar-refractivity contribution in [2.45, 2.75) is 51.1 Å². The van der Waals surface area contributed by atoms with E-state index in [2.05, 4.69) is 5.32 Å². The van der Waals surface area contributed by atoms with Crippen LogP contribution in [0.25, 0.3) is 0 Å². The summed E-state index contributed by atoms with van der Waals surface area (Å²) in [5, 5.41) is 13.5. The van der Waals surface area contributed by atoms with Crippen LogP contribution in [0.5, 0.6) is 0 Å². The van der Waals surface area contributed by atoms with Crippen LogP contribution in [-0.4, -0.2) is 18.1 Å². The zero-order chi connectivity index (χ0) is 8.97. The molecule has 1 aliphatic rings. The van der Waals surface area contributed by atoms with Crippen LogP contribution in [-0.2, 0) is 4.79 Å². The second-order valence-electron chi connectivity index (χ2n) is 3.54. The Morgan fingerprint density at radius 2 is 1.92 bits per heavy atom. The molecule has 70 valence electrons. The molecule has 0 bridgehead atoms. The molecular weight excluding hydrogens is 177 g/mol. The predicted octanol–water partition coefficient (Wildman–Crippen LogP) is -2.95. The van der Waals surface area contributed by atoms with Crippen LogP contribution in [0.15, 0.2) is 0 Å². The Balaban J connectivity index is 0.00000144. The van der Waals surface area contributed by atoms with E-state index in [1.165, 1.54) is 19.3 Å². The molecule has 0 saturated heterocycles. The largest absolute Gasteiger partial charge is 1.00 e. The van der Waals surface area contributed by atoms with E-state index in [0.717, 1.165) is 12.8 Å². The molecule has 0 aliphatic heterocycles. The molecule has 1 fully saturated rings. The van der Waals surface area contributed by atoms with Gasteiger partial charge in [0, 0.05) is 12.1 Å². The van der Waals surface area contributed by atoms with E-state index in [9.17, 15) is 9.90 Å². The quantitative estimate of drug-likeness (QED) is 0.488. The smallest absolute Gasteiger partial charge is 0.548 e. The second kappa shape index (κ2) is 6.82. The summed E-state index contributed by atoms with van der Waals surface area (Å²) in [6.45, 7) is 1.64. The third-order valence-electron chi connectivity index (χ3n) is 2.44. The van der Waals surface area contributed by atoms with Crippen LogP contribution >= 0.6 is 0 Å². The zero-order valence-electron chi connectivity index (χ0n) is 8.51. The number of rotatable bonds is 3. The Kier molecular flexibility index (Phi) is 7.05. The number of carbonyl (C=O) groups excluding carboxylic acids is 1. The van der Waals surface area contributed by atoms with E-state index in [-0.39, 0.29) is 29.6 Å². The van der Waals surface area contributed by atoms with Crippen molar-refractivity contribution < 1.29 is 39.5 Å².